The molecular weight excluding hydrogens is 320 g/mol. The number of H-pyrrole nitrogens is 1. The van der Waals surface area contributed by atoms with E-state index < -0.39 is 0 Å². The van der Waals surface area contributed by atoms with Gasteiger partial charge in [0.25, 0.3) is 5.56 Å². The maximum absolute atomic E-state index is 11.0. The summed E-state index contributed by atoms with van der Waals surface area (Å²) in [6, 6.07) is 6.65. The van der Waals surface area contributed by atoms with Crippen molar-refractivity contribution in [2.45, 2.75) is 6.92 Å². The highest BCUT2D eigenvalue weighted by molar-refractivity contribution is 9.10. The Morgan fingerprint density at radius 1 is 1.44 bits per heavy atom. The number of hydrogen-bond acceptors (Lipinski definition) is 3. The van der Waals surface area contributed by atoms with Crippen molar-refractivity contribution in [1.29, 1.82) is 0 Å². The van der Waals surface area contributed by atoms with Gasteiger partial charge in [-0.2, -0.15) is 5.10 Å². The van der Waals surface area contributed by atoms with Crippen LogP contribution in [0.4, 0.5) is 0 Å². The zero-order valence-corrected chi connectivity index (χ0v) is 11.9. The lowest BCUT2D eigenvalue weighted by Gasteiger charge is -2.10. The van der Waals surface area contributed by atoms with E-state index in [2.05, 4.69) is 26.1 Å². The fraction of sp³-hybridized carbons (Fsp3) is 0.167. The molecule has 18 heavy (non-hydrogen) atoms. The molecule has 0 aliphatic rings. The largest absolute Gasteiger partial charge is 0.491 e. The van der Waals surface area contributed by atoms with Crippen molar-refractivity contribution in [3.63, 3.8) is 0 Å². The van der Waals surface area contributed by atoms with Gasteiger partial charge in [0, 0.05) is 11.6 Å². The van der Waals surface area contributed by atoms with Crippen LogP contribution in [0.5, 0.6) is 5.75 Å². The summed E-state index contributed by atoms with van der Waals surface area (Å²) in [4.78, 5) is 11.0. The third-order valence-corrected chi connectivity index (χ3v) is 3.13. The number of hydrogen-bond donors (Lipinski definition) is 1. The maximum Gasteiger partial charge on any atom is 0.264 e. The molecule has 0 saturated carbocycles. The van der Waals surface area contributed by atoms with Gasteiger partial charge in [0.1, 0.15) is 0 Å². The molecule has 1 aromatic heterocycles. The Morgan fingerprint density at radius 2 is 2.22 bits per heavy atom. The fourth-order valence-corrected chi connectivity index (χ4v) is 2.46. The third-order valence-electron chi connectivity index (χ3n) is 2.26. The van der Waals surface area contributed by atoms with Crippen LogP contribution in [0.2, 0.25) is 5.02 Å². The summed E-state index contributed by atoms with van der Waals surface area (Å²) in [6.45, 7) is 2.43. The van der Waals surface area contributed by atoms with Crippen molar-refractivity contribution >= 4 is 27.5 Å². The van der Waals surface area contributed by atoms with Crippen LogP contribution < -0.4 is 10.3 Å². The average Bonchev–Trinajstić information content (AvgIpc) is 2.34. The fourth-order valence-electron chi connectivity index (χ4n) is 1.50. The molecule has 0 fully saturated rings. The van der Waals surface area contributed by atoms with Gasteiger partial charge in [0.15, 0.2) is 5.75 Å². The van der Waals surface area contributed by atoms with E-state index in [-0.39, 0.29) is 5.56 Å². The second kappa shape index (κ2) is 5.54. The molecule has 94 valence electrons. The summed E-state index contributed by atoms with van der Waals surface area (Å²) in [7, 11) is 0. The van der Waals surface area contributed by atoms with E-state index in [9.17, 15) is 4.79 Å². The number of aromatic nitrogens is 2. The maximum atomic E-state index is 11.0. The second-order valence-corrected chi connectivity index (χ2v) is 4.77. The molecule has 1 heterocycles. The van der Waals surface area contributed by atoms with Crippen LogP contribution in [0.1, 0.15) is 6.92 Å². The topological polar surface area (TPSA) is 55.0 Å². The first kappa shape index (κ1) is 13.1. The van der Waals surface area contributed by atoms with Crippen molar-refractivity contribution in [1.82, 2.24) is 10.2 Å². The number of benzene rings is 1. The van der Waals surface area contributed by atoms with Gasteiger partial charge in [0.2, 0.25) is 0 Å². The Kier molecular flexibility index (Phi) is 4.04. The van der Waals surface area contributed by atoms with Crippen LogP contribution in [0.25, 0.3) is 11.3 Å². The average molecular weight is 330 g/mol. The van der Waals surface area contributed by atoms with E-state index >= 15 is 0 Å². The highest BCUT2D eigenvalue weighted by Gasteiger charge is 2.10. The Balaban J connectivity index is 2.47. The first-order valence-electron chi connectivity index (χ1n) is 5.29. The summed E-state index contributed by atoms with van der Waals surface area (Å²) in [5.41, 5.74) is 1.20. The van der Waals surface area contributed by atoms with Crippen molar-refractivity contribution in [3.8, 4) is 17.0 Å². The van der Waals surface area contributed by atoms with Crippen LogP contribution in [0.15, 0.2) is 33.5 Å². The lowest BCUT2D eigenvalue weighted by atomic mass is 10.1. The van der Waals surface area contributed by atoms with Gasteiger partial charge in [-0.3, -0.25) is 4.79 Å². The molecule has 0 radical (unpaired) electrons. The minimum absolute atomic E-state index is 0.241. The molecule has 0 aliphatic carbocycles. The SMILES string of the molecule is CCOc1c(Cl)cc(-c2ccc(=O)[nH]n2)cc1Br. The first-order chi connectivity index (χ1) is 8.61. The van der Waals surface area contributed by atoms with Crippen LogP contribution in [-0.4, -0.2) is 16.8 Å². The molecule has 0 atom stereocenters. The van der Waals surface area contributed by atoms with Crippen LogP contribution in [-0.2, 0) is 0 Å². The Hall–Kier alpha value is -1.33. The van der Waals surface area contributed by atoms with Crippen molar-refractivity contribution in [2.24, 2.45) is 0 Å². The van der Waals surface area contributed by atoms with Gasteiger partial charge < -0.3 is 4.74 Å². The highest BCUT2D eigenvalue weighted by atomic mass is 79.9. The summed E-state index contributed by atoms with van der Waals surface area (Å²) in [5.74, 6) is 0.604. The van der Waals surface area contributed by atoms with E-state index in [0.717, 1.165) is 10.0 Å². The molecule has 2 rings (SSSR count). The van der Waals surface area contributed by atoms with E-state index in [0.29, 0.717) is 23.1 Å². The van der Waals surface area contributed by atoms with E-state index in [1.165, 1.54) is 6.07 Å². The van der Waals surface area contributed by atoms with E-state index in [4.69, 9.17) is 16.3 Å². The molecule has 0 unspecified atom stereocenters. The Morgan fingerprint density at radius 3 is 2.78 bits per heavy atom. The zero-order valence-electron chi connectivity index (χ0n) is 9.54. The van der Waals surface area contributed by atoms with Gasteiger partial charge in [0.05, 0.1) is 21.8 Å². The number of ether oxygens (including phenoxy) is 1. The molecule has 0 bridgehead atoms. The molecule has 1 aromatic carbocycles. The minimum Gasteiger partial charge on any atom is -0.491 e. The summed E-state index contributed by atoms with van der Waals surface area (Å²) >= 11 is 9.54. The highest BCUT2D eigenvalue weighted by Crippen LogP contribution is 2.37. The van der Waals surface area contributed by atoms with Gasteiger partial charge in [-0.25, -0.2) is 5.10 Å². The molecule has 6 heteroatoms. The van der Waals surface area contributed by atoms with Crippen molar-refractivity contribution in [3.05, 3.63) is 44.1 Å². The van der Waals surface area contributed by atoms with Crippen LogP contribution in [0.3, 0.4) is 0 Å². The molecule has 0 saturated heterocycles. The summed E-state index contributed by atoms with van der Waals surface area (Å²) < 4.78 is 6.17. The second-order valence-electron chi connectivity index (χ2n) is 3.51. The number of nitrogens with one attached hydrogen (secondary N) is 1. The number of rotatable bonds is 3. The molecule has 0 spiro atoms. The van der Waals surface area contributed by atoms with Gasteiger partial charge in [-0.15, -0.1) is 0 Å². The smallest absolute Gasteiger partial charge is 0.264 e. The minimum atomic E-state index is -0.241. The number of nitrogens with zero attached hydrogens (tertiary/aromatic N) is 1. The lowest BCUT2D eigenvalue weighted by Crippen LogP contribution is -2.05. The summed E-state index contributed by atoms with van der Waals surface area (Å²) in [6.07, 6.45) is 0. The van der Waals surface area contributed by atoms with Gasteiger partial charge >= 0.3 is 0 Å². The van der Waals surface area contributed by atoms with Gasteiger partial charge in [-0.05, 0) is 41.1 Å². The molecule has 2 aromatic rings. The van der Waals surface area contributed by atoms with E-state index in [1.807, 2.05) is 13.0 Å². The standard InChI is InChI=1S/C12H10BrClN2O2/c1-2-18-12-8(13)5-7(6-9(12)14)10-3-4-11(17)16-15-10/h3-6H,2H2,1H3,(H,16,17). The molecule has 0 amide bonds. The normalized spacial score (nSPS) is 10.4. The van der Waals surface area contributed by atoms with Gasteiger partial charge in [-0.1, -0.05) is 11.6 Å². The lowest BCUT2D eigenvalue weighted by molar-refractivity contribution is 0.338. The van der Waals surface area contributed by atoms with Crippen LogP contribution in [0, 0.1) is 0 Å². The molecule has 1 N–H and O–H groups in total. The molecule has 4 nitrogen and oxygen atoms in total. The number of aromatic amines is 1. The Bertz CT molecular complexity index is 584. The van der Waals surface area contributed by atoms with Crippen molar-refractivity contribution in [2.75, 3.05) is 6.61 Å². The van der Waals surface area contributed by atoms with Crippen molar-refractivity contribution < 1.29 is 4.74 Å². The predicted octanol–water partition coefficient (Wildman–Crippen LogP) is 3.25. The summed E-state index contributed by atoms with van der Waals surface area (Å²) in [5, 5.41) is 6.83. The monoisotopic (exact) mass is 328 g/mol. The third kappa shape index (κ3) is 2.73. The van der Waals surface area contributed by atoms with E-state index in [1.54, 1.807) is 12.1 Å². The Labute approximate surface area is 117 Å². The predicted molar refractivity (Wildman–Crippen MR) is 74.2 cm³/mol. The van der Waals surface area contributed by atoms with Crippen LogP contribution >= 0.6 is 27.5 Å². The first-order valence-corrected chi connectivity index (χ1v) is 6.47. The quantitative estimate of drug-likeness (QED) is 0.940. The zero-order chi connectivity index (χ0) is 13.1. The molecular formula is C12H10BrClN2O2. The number of halogens is 2. The molecule has 0 aliphatic heterocycles.